The normalized spacial score (nSPS) is 22.4. The van der Waals surface area contributed by atoms with Crippen molar-refractivity contribution in [1.82, 2.24) is 20.8 Å². The van der Waals surface area contributed by atoms with E-state index in [0.717, 1.165) is 37.9 Å². The lowest BCUT2D eigenvalue weighted by Crippen LogP contribution is -2.45. The number of rotatable bonds is 4. The number of aromatic amines is 1. The number of carbonyl (C=O) groups excluding carboxylic acids is 1. The highest BCUT2D eigenvalue weighted by Crippen LogP contribution is 2.20. The zero-order valence-electron chi connectivity index (χ0n) is 14.0. The van der Waals surface area contributed by atoms with Gasteiger partial charge >= 0.3 is 6.09 Å². The van der Waals surface area contributed by atoms with Gasteiger partial charge in [-0.15, -0.1) is 0 Å². The molecule has 0 aliphatic heterocycles. The van der Waals surface area contributed by atoms with Crippen LogP contribution in [0.1, 0.15) is 57.7 Å². The van der Waals surface area contributed by atoms with Gasteiger partial charge < -0.3 is 15.4 Å². The maximum Gasteiger partial charge on any atom is 0.407 e. The summed E-state index contributed by atoms with van der Waals surface area (Å²) in [5.41, 5.74) is 1.85. The van der Waals surface area contributed by atoms with Gasteiger partial charge in [0.15, 0.2) is 0 Å². The van der Waals surface area contributed by atoms with Gasteiger partial charge in [-0.1, -0.05) is 0 Å². The lowest BCUT2D eigenvalue weighted by Gasteiger charge is -2.31. The Balaban J connectivity index is 1.77. The standard InChI is InChI=1S/C16H28N4O2/c1-11-12(10-18-20-11)9-17-13-6-5-7-14(8-13)19-15(21)22-16(2,3)4/h10,13-14,17H,5-9H2,1-4H3,(H,18,20)(H,19,21). The molecule has 0 spiro atoms. The van der Waals surface area contributed by atoms with Crippen LogP contribution in [0.5, 0.6) is 0 Å². The molecule has 1 amide bonds. The zero-order valence-corrected chi connectivity index (χ0v) is 14.0. The molecule has 1 aliphatic carbocycles. The van der Waals surface area contributed by atoms with Gasteiger partial charge in [0.25, 0.3) is 0 Å². The molecule has 6 heteroatoms. The number of nitrogens with one attached hydrogen (secondary N) is 3. The van der Waals surface area contributed by atoms with Crippen LogP contribution in [0.25, 0.3) is 0 Å². The summed E-state index contributed by atoms with van der Waals surface area (Å²) in [5.74, 6) is 0. The van der Waals surface area contributed by atoms with E-state index in [9.17, 15) is 4.79 Å². The minimum Gasteiger partial charge on any atom is -0.444 e. The van der Waals surface area contributed by atoms with Gasteiger partial charge in [-0.05, 0) is 53.4 Å². The number of carbonyl (C=O) groups is 1. The number of aryl methyl sites for hydroxylation is 1. The maximum atomic E-state index is 11.9. The van der Waals surface area contributed by atoms with Crippen LogP contribution in [0, 0.1) is 6.92 Å². The lowest BCUT2D eigenvalue weighted by atomic mass is 9.91. The largest absolute Gasteiger partial charge is 0.444 e. The molecule has 1 aliphatic rings. The van der Waals surface area contributed by atoms with Gasteiger partial charge in [0.05, 0.1) is 6.20 Å². The van der Waals surface area contributed by atoms with E-state index < -0.39 is 5.60 Å². The van der Waals surface area contributed by atoms with Crippen LogP contribution >= 0.6 is 0 Å². The summed E-state index contributed by atoms with van der Waals surface area (Å²) in [6, 6.07) is 0.606. The average Bonchev–Trinajstić information content (AvgIpc) is 2.80. The fraction of sp³-hybridized carbons (Fsp3) is 0.750. The maximum absolute atomic E-state index is 11.9. The van der Waals surface area contributed by atoms with Gasteiger partial charge in [-0.25, -0.2) is 4.79 Å². The predicted molar refractivity (Wildman–Crippen MR) is 85.6 cm³/mol. The molecule has 0 aromatic carbocycles. The second kappa shape index (κ2) is 7.13. The smallest absolute Gasteiger partial charge is 0.407 e. The first-order valence-corrected chi connectivity index (χ1v) is 8.05. The molecule has 3 N–H and O–H groups in total. The molecule has 1 aromatic rings. The Labute approximate surface area is 132 Å². The molecule has 2 atom stereocenters. The van der Waals surface area contributed by atoms with Crippen molar-refractivity contribution in [2.45, 2.75) is 77.6 Å². The third-order valence-corrected chi connectivity index (χ3v) is 3.91. The van der Waals surface area contributed by atoms with E-state index in [0.29, 0.717) is 6.04 Å². The average molecular weight is 308 g/mol. The first kappa shape index (κ1) is 16.8. The molecule has 0 radical (unpaired) electrons. The number of H-pyrrole nitrogens is 1. The van der Waals surface area contributed by atoms with Gasteiger partial charge in [0.1, 0.15) is 5.60 Å². The fourth-order valence-corrected chi connectivity index (χ4v) is 2.79. The SMILES string of the molecule is Cc1[nH]ncc1CNC1CCCC(NC(=O)OC(C)(C)C)C1. The monoisotopic (exact) mass is 308 g/mol. The molecule has 1 aromatic heterocycles. The van der Waals surface area contributed by atoms with Crippen LogP contribution < -0.4 is 10.6 Å². The van der Waals surface area contributed by atoms with E-state index >= 15 is 0 Å². The third-order valence-electron chi connectivity index (χ3n) is 3.91. The molecule has 2 unspecified atom stereocenters. The van der Waals surface area contributed by atoms with Crippen LogP contribution in [-0.4, -0.2) is 34.0 Å². The van der Waals surface area contributed by atoms with Gasteiger partial charge in [-0.3, -0.25) is 5.10 Å². The molecular weight excluding hydrogens is 280 g/mol. The Morgan fingerprint density at radius 2 is 2.14 bits per heavy atom. The van der Waals surface area contributed by atoms with Gasteiger partial charge in [0.2, 0.25) is 0 Å². The van der Waals surface area contributed by atoms with E-state index in [-0.39, 0.29) is 12.1 Å². The van der Waals surface area contributed by atoms with E-state index in [4.69, 9.17) is 4.74 Å². The summed E-state index contributed by atoms with van der Waals surface area (Å²) in [4.78, 5) is 11.9. The number of alkyl carbamates (subject to hydrolysis) is 1. The van der Waals surface area contributed by atoms with Crippen molar-refractivity contribution in [3.63, 3.8) is 0 Å². The fourth-order valence-electron chi connectivity index (χ4n) is 2.79. The lowest BCUT2D eigenvalue weighted by molar-refractivity contribution is 0.0488. The molecule has 1 fully saturated rings. The zero-order chi connectivity index (χ0) is 16.2. The Kier molecular flexibility index (Phi) is 5.45. The van der Waals surface area contributed by atoms with Crippen molar-refractivity contribution in [3.8, 4) is 0 Å². The van der Waals surface area contributed by atoms with Crippen molar-refractivity contribution >= 4 is 6.09 Å². The summed E-state index contributed by atoms with van der Waals surface area (Å²) in [7, 11) is 0. The molecule has 6 nitrogen and oxygen atoms in total. The molecule has 124 valence electrons. The Morgan fingerprint density at radius 3 is 2.77 bits per heavy atom. The number of hydrogen-bond acceptors (Lipinski definition) is 4. The number of amides is 1. The number of ether oxygens (including phenoxy) is 1. The van der Waals surface area contributed by atoms with Crippen LogP contribution in [0.2, 0.25) is 0 Å². The number of nitrogens with zero attached hydrogens (tertiary/aromatic N) is 1. The van der Waals surface area contributed by atoms with E-state index in [1.54, 1.807) is 0 Å². The van der Waals surface area contributed by atoms with E-state index in [1.165, 1.54) is 5.56 Å². The highest BCUT2D eigenvalue weighted by Gasteiger charge is 2.25. The first-order valence-electron chi connectivity index (χ1n) is 8.05. The highest BCUT2D eigenvalue weighted by molar-refractivity contribution is 5.68. The summed E-state index contributed by atoms with van der Waals surface area (Å²) in [6.07, 6.45) is 5.76. The summed E-state index contributed by atoms with van der Waals surface area (Å²) in [5, 5.41) is 13.5. The second-order valence-electron chi connectivity index (χ2n) is 7.11. The van der Waals surface area contributed by atoms with E-state index in [2.05, 4.69) is 20.8 Å². The van der Waals surface area contributed by atoms with Crippen LogP contribution in [0.3, 0.4) is 0 Å². The Bertz CT molecular complexity index is 493. The summed E-state index contributed by atoms with van der Waals surface area (Å²) >= 11 is 0. The number of hydrogen-bond donors (Lipinski definition) is 3. The Hall–Kier alpha value is -1.56. The quantitative estimate of drug-likeness (QED) is 0.799. The van der Waals surface area contributed by atoms with Crippen molar-refractivity contribution in [2.75, 3.05) is 0 Å². The van der Waals surface area contributed by atoms with Crippen LogP contribution in [-0.2, 0) is 11.3 Å². The van der Waals surface area contributed by atoms with Crippen LogP contribution in [0.15, 0.2) is 6.20 Å². The molecular formula is C16H28N4O2. The van der Waals surface area contributed by atoms with Gasteiger partial charge in [-0.2, -0.15) is 5.10 Å². The first-order chi connectivity index (χ1) is 10.3. The van der Waals surface area contributed by atoms with Crippen molar-refractivity contribution in [2.24, 2.45) is 0 Å². The molecule has 0 saturated heterocycles. The molecule has 2 rings (SSSR count). The van der Waals surface area contributed by atoms with Crippen molar-refractivity contribution in [1.29, 1.82) is 0 Å². The molecule has 0 bridgehead atoms. The highest BCUT2D eigenvalue weighted by atomic mass is 16.6. The number of aromatic nitrogens is 2. The second-order valence-corrected chi connectivity index (χ2v) is 7.11. The summed E-state index contributed by atoms with van der Waals surface area (Å²) < 4.78 is 5.33. The summed E-state index contributed by atoms with van der Waals surface area (Å²) in [6.45, 7) is 8.48. The van der Waals surface area contributed by atoms with Crippen molar-refractivity contribution < 1.29 is 9.53 Å². The molecule has 1 saturated carbocycles. The topological polar surface area (TPSA) is 79.0 Å². The third kappa shape index (κ3) is 5.33. The van der Waals surface area contributed by atoms with Gasteiger partial charge in [0, 0.05) is 29.9 Å². The molecule has 1 heterocycles. The van der Waals surface area contributed by atoms with Crippen molar-refractivity contribution in [3.05, 3.63) is 17.5 Å². The minimum atomic E-state index is -0.449. The Morgan fingerprint density at radius 1 is 1.41 bits per heavy atom. The predicted octanol–water partition coefficient (Wildman–Crippen LogP) is 2.64. The minimum absolute atomic E-state index is 0.187. The molecule has 22 heavy (non-hydrogen) atoms. The van der Waals surface area contributed by atoms with Crippen LogP contribution in [0.4, 0.5) is 4.79 Å². The van der Waals surface area contributed by atoms with E-state index in [1.807, 2.05) is 33.9 Å².